The van der Waals surface area contributed by atoms with Crippen LogP contribution in [0.15, 0.2) is 29.5 Å². The van der Waals surface area contributed by atoms with Gasteiger partial charge in [0.2, 0.25) is 0 Å². The number of imidazole rings is 1. The van der Waals surface area contributed by atoms with E-state index < -0.39 is 0 Å². The van der Waals surface area contributed by atoms with Crippen molar-refractivity contribution in [3.63, 3.8) is 0 Å². The van der Waals surface area contributed by atoms with Gasteiger partial charge in [-0.3, -0.25) is 0 Å². The molecule has 5 nitrogen and oxygen atoms in total. The summed E-state index contributed by atoms with van der Waals surface area (Å²) in [5.74, 6) is 1.56. The monoisotopic (exact) mass is 249 g/mol. The molecule has 0 aliphatic heterocycles. The summed E-state index contributed by atoms with van der Waals surface area (Å²) >= 11 is 0. The molecule has 0 bridgehead atoms. The third kappa shape index (κ3) is 5.52. The Morgan fingerprint density at radius 3 is 2.94 bits per heavy atom. The van der Waals surface area contributed by atoms with Gasteiger partial charge in [0.15, 0.2) is 5.96 Å². The minimum atomic E-state index is 0.497. The van der Waals surface area contributed by atoms with Gasteiger partial charge in [-0.2, -0.15) is 0 Å². The zero-order chi connectivity index (χ0) is 13.4. The Kier molecular flexibility index (Phi) is 5.97. The SMILES string of the molecule is C=C(C)CN=C(N)NCCCCn1ccnc1C. The molecular formula is C13H23N5. The summed E-state index contributed by atoms with van der Waals surface area (Å²) in [5, 5.41) is 3.09. The van der Waals surface area contributed by atoms with Crippen molar-refractivity contribution in [2.75, 3.05) is 13.1 Å². The summed E-state index contributed by atoms with van der Waals surface area (Å²) in [7, 11) is 0. The first-order valence-corrected chi connectivity index (χ1v) is 6.25. The van der Waals surface area contributed by atoms with Crippen LogP contribution in [-0.2, 0) is 6.54 Å². The average Bonchev–Trinajstić information content (AvgIpc) is 2.72. The van der Waals surface area contributed by atoms with Crippen LogP contribution in [0.2, 0.25) is 0 Å². The molecule has 0 unspecified atom stereocenters. The van der Waals surface area contributed by atoms with E-state index in [2.05, 4.69) is 26.4 Å². The number of unbranched alkanes of at least 4 members (excludes halogenated alkanes) is 1. The molecule has 0 amide bonds. The number of aliphatic imine (C=N–C) groups is 1. The second kappa shape index (κ2) is 7.53. The Morgan fingerprint density at radius 1 is 1.56 bits per heavy atom. The van der Waals surface area contributed by atoms with Gasteiger partial charge in [0, 0.05) is 25.5 Å². The minimum absolute atomic E-state index is 0.497. The van der Waals surface area contributed by atoms with E-state index in [0.717, 1.165) is 37.3 Å². The Morgan fingerprint density at radius 2 is 2.33 bits per heavy atom. The maximum absolute atomic E-state index is 5.71. The van der Waals surface area contributed by atoms with Crippen LogP contribution in [0.25, 0.3) is 0 Å². The van der Waals surface area contributed by atoms with Crippen molar-refractivity contribution in [2.45, 2.75) is 33.2 Å². The molecule has 0 fully saturated rings. The second-order valence-electron chi connectivity index (χ2n) is 4.46. The molecule has 0 aromatic carbocycles. The summed E-state index contributed by atoms with van der Waals surface area (Å²) in [6.07, 6.45) is 5.99. The molecule has 1 aromatic rings. The highest BCUT2D eigenvalue weighted by Crippen LogP contribution is 1.99. The zero-order valence-electron chi connectivity index (χ0n) is 11.3. The number of guanidine groups is 1. The van der Waals surface area contributed by atoms with Gasteiger partial charge in [-0.15, -0.1) is 0 Å². The van der Waals surface area contributed by atoms with Crippen molar-refractivity contribution in [2.24, 2.45) is 10.7 Å². The average molecular weight is 249 g/mol. The first kappa shape index (κ1) is 14.3. The predicted octanol–water partition coefficient (Wildman–Crippen LogP) is 1.45. The van der Waals surface area contributed by atoms with Crippen LogP contribution in [0, 0.1) is 6.92 Å². The first-order chi connectivity index (χ1) is 8.59. The van der Waals surface area contributed by atoms with Gasteiger partial charge < -0.3 is 15.6 Å². The van der Waals surface area contributed by atoms with Crippen molar-refractivity contribution < 1.29 is 0 Å². The second-order valence-corrected chi connectivity index (χ2v) is 4.46. The van der Waals surface area contributed by atoms with Crippen LogP contribution in [0.1, 0.15) is 25.6 Å². The highest BCUT2D eigenvalue weighted by atomic mass is 15.1. The number of hydrogen-bond donors (Lipinski definition) is 2. The lowest BCUT2D eigenvalue weighted by molar-refractivity contribution is 0.590. The van der Waals surface area contributed by atoms with E-state index in [1.165, 1.54) is 0 Å². The van der Waals surface area contributed by atoms with Crippen LogP contribution >= 0.6 is 0 Å². The summed E-state index contributed by atoms with van der Waals surface area (Å²) in [6, 6.07) is 0. The molecular weight excluding hydrogens is 226 g/mol. The van der Waals surface area contributed by atoms with E-state index in [1.807, 2.05) is 26.2 Å². The standard InChI is InChI=1S/C13H23N5/c1-11(2)10-17-13(14)16-6-4-5-8-18-9-7-15-12(18)3/h7,9H,1,4-6,8,10H2,2-3H3,(H3,14,16,17). The van der Waals surface area contributed by atoms with E-state index in [1.54, 1.807) is 0 Å². The van der Waals surface area contributed by atoms with Crippen LogP contribution in [0.5, 0.6) is 0 Å². The first-order valence-electron chi connectivity index (χ1n) is 6.25. The molecule has 0 saturated carbocycles. The van der Waals surface area contributed by atoms with Crippen LogP contribution in [0.4, 0.5) is 0 Å². The molecule has 1 aromatic heterocycles. The van der Waals surface area contributed by atoms with Crippen molar-refractivity contribution in [1.29, 1.82) is 0 Å². The Labute approximate surface area is 109 Å². The largest absolute Gasteiger partial charge is 0.370 e. The van der Waals surface area contributed by atoms with Gasteiger partial charge in [-0.05, 0) is 26.7 Å². The van der Waals surface area contributed by atoms with E-state index in [0.29, 0.717) is 12.5 Å². The van der Waals surface area contributed by atoms with Crippen molar-refractivity contribution in [3.05, 3.63) is 30.4 Å². The van der Waals surface area contributed by atoms with Crippen LogP contribution in [0.3, 0.4) is 0 Å². The Hall–Kier alpha value is -1.78. The Bertz CT molecular complexity index is 405. The van der Waals surface area contributed by atoms with Gasteiger partial charge in [0.1, 0.15) is 5.82 Å². The van der Waals surface area contributed by atoms with Gasteiger partial charge in [0.25, 0.3) is 0 Å². The summed E-state index contributed by atoms with van der Waals surface area (Å²) in [4.78, 5) is 8.34. The number of nitrogens with zero attached hydrogens (tertiary/aromatic N) is 3. The predicted molar refractivity (Wildman–Crippen MR) is 75.5 cm³/mol. The number of nitrogens with one attached hydrogen (secondary N) is 1. The van der Waals surface area contributed by atoms with Gasteiger partial charge >= 0.3 is 0 Å². The molecule has 1 heterocycles. The zero-order valence-corrected chi connectivity index (χ0v) is 11.3. The fraction of sp³-hybridized carbons (Fsp3) is 0.538. The number of aromatic nitrogens is 2. The fourth-order valence-electron chi connectivity index (χ4n) is 1.54. The maximum Gasteiger partial charge on any atom is 0.188 e. The van der Waals surface area contributed by atoms with Crippen molar-refractivity contribution in [3.8, 4) is 0 Å². The van der Waals surface area contributed by atoms with Crippen molar-refractivity contribution in [1.82, 2.24) is 14.9 Å². The van der Waals surface area contributed by atoms with Crippen molar-refractivity contribution >= 4 is 5.96 Å². The van der Waals surface area contributed by atoms with E-state index in [4.69, 9.17) is 5.73 Å². The molecule has 0 atom stereocenters. The molecule has 100 valence electrons. The smallest absolute Gasteiger partial charge is 0.188 e. The molecule has 0 spiro atoms. The highest BCUT2D eigenvalue weighted by Gasteiger charge is 1.96. The maximum atomic E-state index is 5.71. The number of hydrogen-bond acceptors (Lipinski definition) is 2. The third-order valence-corrected chi connectivity index (χ3v) is 2.57. The van der Waals surface area contributed by atoms with Crippen LogP contribution < -0.4 is 11.1 Å². The van der Waals surface area contributed by atoms with E-state index in [9.17, 15) is 0 Å². The van der Waals surface area contributed by atoms with Crippen LogP contribution in [-0.4, -0.2) is 28.6 Å². The lowest BCUT2D eigenvalue weighted by Gasteiger charge is -2.07. The minimum Gasteiger partial charge on any atom is -0.370 e. The molecule has 0 radical (unpaired) electrons. The van der Waals surface area contributed by atoms with E-state index >= 15 is 0 Å². The topological polar surface area (TPSA) is 68.2 Å². The quantitative estimate of drug-likeness (QED) is 0.333. The third-order valence-electron chi connectivity index (χ3n) is 2.57. The van der Waals surface area contributed by atoms with E-state index in [-0.39, 0.29) is 0 Å². The number of rotatable bonds is 7. The molecule has 1 rings (SSSR count). The number of aryl methyl sites for hydroxylation is 2. The molecule has 5 heteroatoms. The summed E-state index contributed by atoms with van der Waals surface area (Å²) in [6.45, 7) is 10.2. The highest BCUT2D eigenvalue weighted by molar-refractivity contribution is 5.77. The van der Waals surface area contributed by atoms with Gasteiger partial charge in [-0.1, -0.05) is 12.2 Å². The molecule has 18 heavy (non-hydrogen) atoms. The normalized spacial score (nSPS) is 11.6. The molecule has 3 N–H and O–H groups in total. The number of nitrogens with two attached hydrogens (primary N) is 1. The lowest BCUT2D eigenvalue weighted by atomic mass is 10.3. The molecule has 0 aliphatic rings. The summed E-state index contributed by atoms with van der Waals surface area (Å²) < 4.78 is 2.15. The van der Waals surface area contributed by atoms with Gasteiger partial charge in [-0.25, -0.2) is 9.98 Å². The molecule has 0 aliphatic carbocycles. The van der Waals surface area contributed by atoms with Gasteiger partial charge in [0.05, 0.1) is 6.54 Å². The summed E-state index contributed by atoms with van der Waals surface area (Å²) in [5.41, 5.74) is 6.72. The fourth-order valence-corrected chi connectivity index (χ4v) is 1.54. The molecule has 0 saturated heterocycles. The lowest BCUT2D eigenvalue weighted by Crippen LogP contribution is -2.32. The Balaban J connectivity index is 2.10.